The van der Waals surface area contributed by atoms with Crippen LogP contribution >= 0.6 is 0 Å². The molecule has 68 heavy (non-hydrogen) atoms. The fourth-order valence-corrected chi connectivity index (χ4v) is 10.8. The van der Waals surface area contributed by atoms with Gasteiger partial charge in [-0.1, -0.05) is 186 Å². The lowest BCUT2D eigenvalue weighted by atomic mass is 9.64. The normalized spacial score (nSPS) is 18.6. The number of fused-ring (bicyclic) bond motifs is 1. The molecule has 3 heteroatoms. The first-order valence-corrected chi connectivity index (χ1v) is 25.4. The van der Waals surface area contributed by atoms with Gasteiger partial charge in [-0.2, -0.15) is 0 Å². The Hall–Kier alpha value is -6.84. The maximum Gasteiger partial charge on any atom is 0.130 e. The lowest BCUT2D eigenvalue weighted by molar-refractivity contribution is 0.297. The van der Waals surface area contributed by atoms with Gasteiger partial charge in [0.1, 0.15) is 6.17 Å². The number of hydrogen-bond donors (Lipinski definition) is 1. The zero-order valence-electron chi connectivity index (χ0n) is 41.8. The summed E-state index contributed by atoms with van der Waals surface area (Å²) in [6, 6.07) is 54.6. The lowest BCUT2D eigenvalue weighted by Crippen LogP contribution is -2.31. The number of hydrogen-bond acceptors (Lipinski definition) is 3. The van der Waals surface area contributed by atoms with E-state index in [9.17, 15) is 0 Å². The Morgan fingerprint density at radius 2 is 1.25 bits per heavy atom. The SMILES string of the molecule is CC.CC.CC1=CC=C(N2C3=C(C=CC=CC3C)NC2c2ccc(N(c3ccc(-c4ccccc4)cc3)c3cc(C)c4c(c3)C(c3ccccc3)(c3ccccc3)CCC/C=C\C4)cc2C)CC1. The van der Waals surface area contributed by atoms with Crippen LogP contribution in [0.1, 0.15) is 119 Å². The molecule has 0 amide bonds. The van der Waals surface area contributed by atoms with E-state index in [0.717, 1.165) is 49.9 Å². The maximum absolute atomic E-state index is 4.01. The van der Waals surface area contributed by atoms with Gasteiger partial charge in [-0.05, 0) is 158 Å². The van der Waals surface area contributed by atoms with E-state index in [1.807, 2.05) is 27.7 Å². The summed E-state index contributed by atoms with van der Waals surface area (Å²) < 4.78 is 0. The van der Waals surface area contributed by atoms with E-state index in [2.05, 4.69) is 237 Å². The van der Waals surface area contributed by atoms with Crippen LogP contribution in [0.2, 0.25) is 0 Å². The molecule has 0 spiro atoms. The first kappa shape index (κ1) is 47.6. The number of rotatable bonds is 8. The molecule has 6 aromatic rings. The fourth-order valence-electron chi connectivity index (χ4n) is 10.8. The molecule has 0 fully saturated rings. The molecule has 346 valence electrons. The van der Waals surface area contributed by atoms with Gasteiger partial charge in [0.05, 0.1) is 5.70 Å². The summed E-state index contributed by atoms with van der Waals surface area (Å²) in [4.78, 5) is 5.11. The van der Waals surface area contributed by atoms with Crippen molar-refractivity contribution in [2.75, 3.05) is 4.90 Å². The molecule has 0 radical (unpaired) electrons. The molecule has 3 aliphatic carbocycles. The quantitative estimate of drug-likeness (QED) is 0.154. The van der Waals surface area contributed by atoms with Crippen LogP contribution in [-0.2, 0) is 11.8 Å². The van der Waals surface area contributed by atoms with Crippen LogP contribution in [0, 0.1) is 19.8 Å². The zero-order valence-corrected chi connectivity index (χ0v) is 41.8. The number of nitrogens with one attached hydrogen (secondary N) is 1. The standard InChI is InChI=1S/C61H59N3.2C2H6/c1-43-29-33-52(34-30-43)64-59-44(2)20-17-18-28-58(59)62-60(64)56-38-37-53(40-46(56)4)63(51-35-31-48(32-36-51)47-21-10-7-11-22-47)54-41-45(3)55-27-16-5-6-19-39-61(57(55)42-54,49-23-12-8-13-24-49)50-25-14-9-15-26-50;2*1-2/h5,7-18,20-26,28-29,31-33,35-38,40-42,44,60,62H,6,19,27,30,34,39H2,1-4H3;2*1-2H3/b16-5-;;. The molecule has 0 aromatic heterocycles. The number of anilines is 3. The van der Waals surface area contributed by atoms with E-state index in [1.54, 1.807) is 0 Å². The third kappa shape index (κ3) is 9.50. The highest BCUT2D eigenvalue weighted by Crippen LogP contribution is 2.50. The largest absolute Gasteiger partial charge is 0.360 e. The van der Waals surface area contributed by atoms with Crippen molar-refractivity contribution < 1.29 is 0 Å². The molecule has 0 saturated carbocycles. The number of allylic oxidation sites excluding steroid dienone is 10. The predicted octanol–water partition coefficient (Wildman–Crippen LogP) is 17.6. The topological polar surface area (TPSA) is 18.5 Å². The van der Waals surface area contributed by atoms with Gasteiger partial charge >= 0.3 is 0 Å². The first-order chi connectivity index (χ1) is 33.4. The Bertz CT molecular complexity index is 2800. The molecule has 10 rings (SSSR count). The van der Waals surface area contributed by atoms with Crippen molar-refractivity contribution in [3.63, 3.8) is 0 Å². The number of aryl methyl sites for hydroxylation is 2. The average Bonchev–Trinajstić information content (AvgIpc) is 3.71. The lowest BCUT2D eigenvalue weighted by Gasteiger charge is -2.39. The van der Waals surface area contributed by atoms with E-state index in [-0.39, 0.29) is 17.5 Å². The highest BCUT2D eigenvalue weighted by molar-refractivity contribution is 5.80. The molecule has 3 nitrogen and oxygen atoms in total. The van der Waals surface area contributed by atoms with Gasteiger partial charge in [0, 0.05) is 39.8 Å². The van der Waals surface area contributed by atoms with Crippen molar-refractivity contribution in [3.8, 4) is 11.1 Å². The van der Waals surface area contributed by atoms with E-state index in [4.69, 9.17) is 0 Å². The van der Waals surface area contributed by atoms with Gasteiger partial charge in [-0.3, -0.25) is 0 Å². The summed E-state index contributed by atoms with van der Waals surface area (Å²) in [7, 11) is 0. The Balaban J connectivity index is 0.00000152. The molecular formula is C65H71N3. The Morgan fingerprint density at radius 3 is 1.90 bits per heavy atom. The second kappa shape index (κ2) is 21.9. The molecule has 6 aromatic carbocycles. The minimum Gasteiger partial charge on any atom is -0.360 e. The minimum absolute atomic E-state index is 0.0117. The predicted molar refractivity (Wildman–Crippen MR) is 291 cm³/mol. The number of benzene rings is 6. The molecule has 2 unspecified atom stereocenters. The summed E-state index contributed by atoms with van der Waals surface area (Å²) in [6.07, 6.45) is 24.6. The van der Waals surface area contributed by atoms with E-state index >= 15 is 0 Å². The first-order valence-electron chi connectivity index (χ1n) is 25.4. The Kier molecular flexibility index (Phi) is 15.3. The van der Waals surface area contributed by atoms with Gasteiger partial charge in [-0.25, -0.2) is 0 Å². The molecule has 1 N–H and O–H groups in total. The van der Waals surface area contributed by atoms with Crippen LogP contribution in [0.4, 0.5) is 17.1 Å². The monoisotopic (exact) mass is 894 g/mol. The zero-order chi connectivity index (χ0) is 47.6. The van der Waals surface area contributed by atoms with E-state index in [0.29, 0.717) is 0 Å². The third-order valence-electron chi connectivity index (χ3n) is 14.1. The summed E-state index contributed by atoms with van der Waals surface area (Å²) in [5, 5.41) is 4.01. The van der Waals surface area contributed by atoms with Crippen molar-refractivity contribution in [2.24, 2.45) is 5.92 Å². The van der Waals surface area contributed by atoms with Gasteiger partial charge in [-0.15, -0.1) is 0 Å². The fraction of sp³-hybridized carbons (Fsp3) is 0.262. The smallest absolute Gasteiger partial charge is 0.130 e. The summed E-state index contributed by atoms with van der Waals surface area (Å²) in [5.74, 6) is 0.281. The molecule has 2 atom stereocenters. The molecule has 0 saturated heterocycles. The Morgan fingerprint density at radius 1 is 0.618 bits per heavy atom. The van der Waals surface area contributed by atoms with Crippen LogP contribution in [-0.4, -0.2) is 4.90 Å². The van der Waals surface area contributed by atoms with Gasteiger partial charge in [0.2, 0.25) is 0 Å². The summed E-state index contributed by atoms with van der Waals surface area (Å²) >= 11 is 0. The highest BCUT2D eigenvalue weighted by atomic mass is 15.3. The molecular weight excluding hydrogens is 823 g/mol. The molecule has 4 aliphatic rings. The average molecular weight is 894 g/mol. The molecule has 1 aliphatic heterocycles. The van der Waals surface area contributed by atoms with Crippen molar-refractivity contribution in [3.05, 3.63) is 256 Å². The minimum atomic E-state index is -0.335. The van der Waals surface area contributed by atoms with Crippen molar-refractivity contribution in [1.82, 2.24) is 10.2 Å². The summed E-state index contributed by atoms with van der Waals surface area (Å²) in [6.45, 7) is 17.2. The van der Waals surface area contributed by atoms with Crippen molar-refractivity contribution in [1.29, 1.82) is 0 Å². The summed E-state index contributed by atoms with van der Waals surface area (Å²) in [5.41, 5.74) is 20.3. The molecule has 1 heterocycles. The van der Waals surface area contributed by atoms with Crippen LogP contribution < -0.4 is 10.2 Å². The van der Waals surface area contributed by atoms with Crippen LogP contribution in [0.5, 0.6) is 0 Å². The highest BCUT2D eigenvalue weighted by Gasteiger charge is 2.40. The molecule has 0 bridgehead atoms. The number of nitrogens with zero attached hydrogens (tertiary/aromatic N) is 2. The van der Waals surface area contributed by atoms with Crippen LogP contribution in [0.25, 0.3) is 11.1 Å². The maximum atomic E-state index is 4.01. The Labute approximate surface area is 408 Å². The van der Waals surface area contributed by atoms with Crippen LogP contribution in [0.3, 0.4) is 0 Å². The van der Waals surface area contributed by atoms with Gasteiger partial charge < -0.3 is 15.1 Å². The second-order valence-electron chi connectivity index (χ2n) is 18.2. The van der Waals surface area contributed by atoms with Gasteiger partial charge in [0.25, 0.3) is 0 Å². The van der Waals surface area contributed by atoms with Crippen LogP contribution in [0.15, 0.2) is 217 Å². The van der Waals surface area contributed by atoms with Crippen molar-refractivity contribution in [2.45, 2.75) is 105 Å². The van der Waals surface area contributed by atoms with Crippen molar-refractivity contribution >= 4 is 17.1 Å². The second-order valence-corrected chi connectivity index (χ2v) is 18.2. The van der Waals surface area contributed by atoms with Gasteiger partial charge in [0.15, 0.2) is 0 Å². The third-order valence-corrected chi connectivity index (χ3v) is 14.1. The van der Waals surface area contributed by atoms with E-state index in [1.165, 1.54) is 78.4 Å². The van der Waals surface area contributed by atoms with E-state index < -0.39 is 0 Å².